The maximum Gasteiger partial charge on any atom is 0.0927 e. The van der Waals surface area contributed by atoms with Crippen LogP contribution in [0.2, 0.25) is 0 Å². The largest absolute Gasteiger partial charge is 0.393 e. The fraction of sp³-hybridized carbons (Fsp3) is 0.700. The summed E-state index contributed by atoms with van der Waals surface area (Å²) in [6.45, 7) is 0. The first kappa shape index (κ1) is 9.16. The molecule has 1 N–H and O–H groups in total. The molecule has 1 aromatic heterocycles. The second kappa shape index (κ2) is 4.20. The molecule has 1 saturated carbocycles. The van der Waals surface area contributed by atoms with Crippen LogP contribution in [0.4, 0.5) is 0 Å². The van der Waals surface area contributed by atoms with Crippen LogP contribution in [0, 0.1) is 5.92 Å². The second-order valence-corrected chi connectivity index (χ2v) is 4.78. The molecule has 3 heteroatoms. The summed E-state index contributed by atoms with van der Waals surface area (Å²) < 4.78 is 0. The van der Waals surface area contributed by atoms with E-state index in [1.807, 2.05) is 11.6 Å². The fourth-order valence-corrected chi connectivity index (χ4v) is 2.68. The summed E-state index contributed by atoms with van der Waals surface area (Å²) in [5.41, 5.74) is 0. The summed E-state index contributed by atoms with van der Waals surface area (Å²) in [4.78, 5) is 4.29. The van der Waals surface area contributed by atoms with E-state index >= 15 is 0 Å². The van der Waals surface area contributed by atoms with Crippen LogP contribution in [0.3, 0.4) is 0 Å². The lowest BCUT2D eigenvalue weighted by molar-refractivity contribution is 0.108. The van der Waals surface area contributed by atoms with Gasteiger partial charge in [-0.1, -0.05) is 0 Å². The minimum atomic E-state index is -0.0347. The number of rotatable bonds is 2. The van der Waals surface area contributed by atoms with Crippen molar-refractivity contribution in [3.8, 4) is 0 Å². The Morgan fingerprint density at radius 1 is 1.38 bits per heavy atom. The van der Waals surface area contributed by atoms with Gasteiger partial charge in [-0.25, -0.2) is 4.98 Å². The van der Waals surface area contributed by atoms with E-state index in [2.05, 4.69) is 4.98 Å². The number of aliphatic hydroxyl groups excluding tert-OH is 1. The first-order valence-corrected chi connectivity index (χ1v) is 5.79. The molecule has 0 saturated heterocycles. The quantitative estimate of drug-likeness (QED) is 0.788. The zero-order chi connectivity index (χ0) is 9.10. The molecule has 1 aliphatic rings. The predicted molar refractivity (Wildman–Crippen MR) is 53.8 cm³/mol. The molecule has 1 fully saturated rings. The van der Waals surface area contributed by atoms with Crippen molar-refractivity contribution in [2.24, 2.45) is 5.92 Å². The van der Waals surface area contributed by atoms with E-state index < -0.39 is 0 Å². The van der Waals surface area contributed by atoms with Crippen molar-refractivity contribution in [1.29, 1.82) is 0 Å². The topological polar surface area (TPSA) is 33.1 Å². The van der Waals surface area contributed by atoms with Crippen molar-refractivity contribution < 1.29 is 5.11 Å². The summed E-state index contributed by atoms with van der Waals surface area (Å²) in [6, 6.07) is 0. The summed E-state index contributed by atoms with van der Waals surface area (Å²) >= 11 is 1.74. The molecule has 0 radical (unpaired) electrons. The lowest BCUT2D eigenvalue weighted by Gasteiger charge is -2.24. The van der Waals surface area contributed by atoms with E-state index in [4.69, 9.17) is 0 Å². The molecular weight excluding hydrogens is 182 g/mol. The molecule has 72 valence electrons. The summed E-state index contributed by atoms with van der Waals surface area (Å²) in [6.07, 6.45) is 7.25. The van der Waals surface area contributed by atoms with Gasteiger partial charge in [0.05, 0.1) is 11.1 Å². The number of hydrogen-bond acceptors (Lipinski definition) is 3. The van der Waals surface area contributed by atoms with Gasteiger partial charge in [0, 0.05) is 18.0 Å². The summed E-state index contributed by atoms with van der Waals surface area (Å²) in [7, 11) is 0. The average Bonchev–Trinajstić information content (AvgIpc) is 2.62. The van der Waals surface area contributed by atoms with Gasteiger partial charge in [0.1, 0.15) is 0 Å². The van der Waals surface area contributed by atoms with Gasteiger partial charge >= 0.3 is 0 Å². The highest BCUT2D eigenvalue weighted by atomic mass is 32.1. The van der Waals surface area contributed by atoms with Gasteiger partial charge in [-0.15, -0.1) is 11.3 Å². The number of aromatic nitrogens is 1. The van der Waals surface area contributed by atoms with Crippen LogP contribution in [0.25, 0.3) is 0 Å². The molecule has 0 atom stereocenters. The number of hydrogen-bond donors (Lipinski definition) is 1. The van der Waals surface area contributed by atoms with Crippen LogP contribution in [-0.4, -0.2) is 16.2 Å². The van der Waals surface area contributed by atoms with Gasteiger partial charge < -0.3 is 5.11 Å². The van der Waals surface area contributed by atoms with Crippen molar-refractivity contribution in [3.63, 3.8) is 0 Å². The Balaban J connectivity index is 1.83. The molecule has 0 amide bonds. The van der Waals surface area contributed by atoms with Crippen LogP contribution in [0.1, 0.15) is 30.7 Å². The van der Waals surface area contributed by atoms with Crippen LogP contribution in [0.5, 0.6) is 0 Å². The Hall–Kier alpha value is -0.410. The van der Waals surface area contributed by atoms with Crippen LogP contribution in [0.15, 0.2) is 11.6 Å². The Labute approximate surface area is 82.6 Å². The van der Waals surface area contributed by atoms with Crippen molar-refractivity contribution >= 4 is 11.3 Å². The Kier molecular flexibility index (Phi) is 2.96. The van der Waals surface area contributed by atoms with Crippen LogP contribution in [-0.2, 0) is 6.42 Å². The van der Waals surface area contributed by atoms with Gasteiger partial charge in [0.15, 0.2) is 0 Å². The number of thiazole rings is 1. The zero-order valence-electron chi connectivity index (χ0n) is 7.65. The Morgan fingerprint density at radius 2 is 2.15 bits per heavy atom. The van der Waals surface area contributed by atoms with E-state index in [1.54, 1.807) is 11.3 Å². The van der Waals surface area contributed by atoms with Gasteiger partial charge in [0.25, 0.3) is 0 Å². The molecular formula is C10H15NOS. The molecule has 0 unspecified atom stereocenters. The molecule has 1 heterocycles. The zero-order valence-corrected chi connectivity index (χ0v) is 8.46. The van der Waals surface area contributed by atoms with Crippen molar-refractivity contribution in [2.45, 2.75) is 38.2 Å². The second-order valence-electron chi connectivity index (χ2n) is 3.80. The third kappa shape index (κ3) is 2.51. The molecule has 1 aliphatic carbocycles. The van der Waals surface area contributed by atoms with Crippen molar-refractivity contribution in [1.82, 2.24) is 4.98 Å². The highest BCUT2D eigenvalue weighted by molar-refractivity contribution is 7.09. The lowest BCUT2D eigenvalue weighted by Crippen LogP contribution is -2.19. The minimum absolute atomic E-state index is 0.0347. The first-order valence-electron chi connectivity index (χ1n) is 4.91. The molecule has 0 spiro atoms. The molecule has 0 aliphatic heterocycles. The monoisotopic (exact) mass is 197 g/mol. The van der Waals surface area contributed by atoms with Gasteiger partial charge in [-0.3, -0.25) is 0 Å². The maximum absolute atomic E-state index is 9.34. The molecule has 1 aromatic rings. The van der Waals surface area contributed by atoms with Gasteiger partial charge in [-0.2, -0.15) is 0 Å². The smallest absolute Gasteiger partial charge is 0.0927 e. The summed E-state index contributed by atoms with van der Waals surface area (Å²) in [5, 5.41) is 12.6. The van der Waals surface area contributed by atoms with E-state index in [1.165, 1.54) is 17.8 Å². The lowest BCUT2D eigenvalue weighted by atomic mass is 9.86. The van der Waals surface area contributed by atoms with Crippen LogP contribution >= 0.6 is 11.3 Å². The van der Waals surface area contributed by atoms with Gasteiger partial charge in [0.2, 0.25) is 0 Å². The molecule has 2 nitrogen and oxygen atoms in total. The SMILES string of the molecule is OC1CCC(Cc2nccs2)CC1. The maximum atomic E-state index is 9.34. The predicted octanol–water partition coefficient (Wildman–Crippen LogP) is 2.24. The van der Waals surface area contributed by atoms with E-state index in [-0.39, 0.29) is 6.10 Å². The van der Waals surface area contributed by atoms with E-state index in [0.717, 1.165) is 25.2 Å². The number of aliphatic hydroxyl groups is 1. The van der Waals surface area contributed by atoms with Crippen LogP contribution < -0.4 is 0 Å². The fourth-order valence-electron chi connectivity index (χ4n) is 1.95. The van der Waals surface area contributed by atoms with Crippen molar-refractivity contribution in [2.75, 3.05) is 0 Å². The third-order valence-corrected chi connectivity index (χ3v) is 3.56. The molecule has 2 rings (SSSR count). The molecule has 13 heavy (non-hydrogen) atoms. The standard InChI is InChI=1S/C10H15NOS/c12-9-3-1-8(2-4-9)7-10-11-5-6-13-10/h5-6,8-9,12H,1-4,7H2. The van der Waals surface area contributed by atoms with E-state index in [0.29, 0.717) is 0 Å². The highest BCUT2D eigenvalue weighted by Crippen LogP contribution is 2.27. The van der Waals surface area contributed by atoms with E-state index in [9.17, 15) is 5.11 Å². The Bertz CT molecular complexity index is 239. The average molecular weight is 197 g/mol. The Morgan fingerprint density at radius 3 is 2.77 bits per heavy atom. The van der Waals surface area contributed by atoms with Gasteiger partial charge in [-0.05, 0) is 31.6 Å². The minimum Gasteiger partial charge on any atom is -0.393 e. The molecule has 0 aromatic carbocycles. The highest BCUT2D eigenvalue weighted by Gasteiger charge is 2.19. The first-order chi connectivity index (χ1) is 6.34. The normalized spacial score (nSPS) is 29.0. The van der Waals surface area contributed by atoms with Crippen molar-refractivity contribution in [3.05, 3.63) is 16.6 Å². The summed E-state index contributed by atoms with van der Waals surface area (Å²) in [5.74, 6) is 0.759. The third-order valence-electron chi connectivity index (χ3n) is 2.76. The molecule has 0 bridgehead atoms. The number of nitrogens with zero attached hydrogens (tertiary/aromatic N) is 1.